The van der Waals surface area contributed by atoms with E-state index in [1.165, 1.54) is 34.0 Å². The molecule has 0 radical (unpaired) electrons. The second-order valence-corrected chi connectivity index (χ2v) is 9.02. The number of anilines is 1. The molecule has 0 fully saturated rings. The molecular weight excluding hydrogens is 410 g/mol. The van der Waals surface area contributed by atoms with Gasteiger partial charge in [-0.2, -0.15) is 0 Å². The predicted octanol–water partition coefficient (Wildman–Crippen LogP) is 3.71. The van der Waals surface area contributed by atoms with Crippen LogP contribution in [-0.2, 0) is 22.4 Å². The summed E-state index contributed by atoms with van der Waals surface area (Å²) in [7, 11) is 0. The molecule has 0 saturated heterocycles. The Morgan fingerprint density at radius 3 is 2.90 bits per heavy atom. The van der Waals surface area contributed by atoms with Gasteiger partial charge in [0.1, 0.15) is 5.00 Å². The van der Waals surface area contributed by atoms with E-state index in [0.717, 1.165) is 31.2 Å². The molecule has 9 heteroatoms. The number of aryl methyl sites for hydroxylation is 2. The Morgan fingerprint density at radius 1 is 1.34 bits per heavy atom. The molecule has 156 valence electrons. The van der Waals surface area contributed by atoms with Gasteiger partial charge >= 0.3 is 5.97 Å². The Kier molecular flexibility index (Phi) is 7.49. The maximum atomic E-state index is 12.4. The molecule has 0 unspecified atom stereocenters. The highest BCUT2D eigenvalue weighted by molar-refractivity contribution is 7.99. The summed E-state index contributed by atoms with van der Waals surface area (Å²) >= 11 is 2.91. The Bertz CT molecular complexity index is 952. The van der Waals surface area contributed by atoms with E-state index in [9.17, 15) is 14.4 Å². The first-order valence-electron chi connectivity index (χ1n) is 9.80. The van der Waals surface area contributed by atoms with Crippen LogP contribution in [0.4, 0.5) is 5.00 Å². The Morgan fingerprint density at radius 2 is 2.14 bits per heavy atom. The van der Waals surface area contributed by atoms with Crippen molar-refractivity contribution in [2.24, 2.45) is 0 Å². The molecule has 1 aliphatic rings. The van der Waals surface area contributed by atoms with Crippen molar-refractivity contribution in [3.05, 3.63) is 38.1 Å². The normalized spacial score (nSPS) is 13.0. The Labute approximate surface area is 177 Å². The fraction of sp³-hybridized carbons (Fsp3) is 0.500. The van der Waals surface area contributed by atoms with Crippen molar-refractivity contribution in [1.29, 1.82) is 0 Å². The zero-order chi connectivity index (χ0) is 20.8. The summed E-state index contributed by atoms with van der Waals surface area (Å²) in [6.07, 6.45) is 4.92. The third-order valence-electron chi connectivity index (χ3n) is 4.54. The van der Waals surface area contributed by atoms with Crippen molar-refractivity contribution in [3.8, 4) is 0 Å². The molecular formula is C20H25N3O4S2. The summed E-state index contributed by atoms with van der Waals surface area (Å²) < 4.78 is 5.22. The summed E-state index contributed by atoms with van der Waals surface area (Å²) in [6, 6.07) is 1.44. The average Bonchev–Trinajstić information content (AvgIpc) is 3.02. The van der Waals surface area contributed by atoms with Crippen LogP contribution in [0.3, 0.4) is 0 Å². The zero-order valence-electron chi connectivity index (χ0n) is 16.6. The summed E-state index contributed by atoms with van der Waals surface area (Å²) in [6.45, 7) is 3.86. The monoisotopic (exact) mass is 435 g/mol. The number of fused-ring (bicyclic) bond motifs is 1. The van der Waals surface area contributed by atoms with Gasteiger partial charge in [0.2, 0.25) is 5.91 Å². The second-order valence-electron chi connectivity index (χ2n) is 6.83. The minimum atomic E-state index is -0.354. The van der Waals surface area contributed by atoms with Crippen LogP contribution in [0, 0.1) is 6.92 Å². The molecule has 0 saturated carbocycles. The van der Waals surface area contributed by atoms with Crippen molar-refractivity contribution in [2.45, 2.75) is 57.5 Å². The van der Waals surface area contributed by atoms with Gasteiger partial charge < -0.3 is 15.0 Å². The number of hydrogen-bond acceptors (Lipinski definition) is 7. The van der Waals surface area contributed by atoms with E-state index in [1.807, 2.05) is 0 Å². The maximum absolute atomic E-state index is 12.4. The number of ether oxygens (including phenoxy) is 1. The van der Waals surface area contributed by atoms with Crippen molar-refractivity contribution >= 4 is 40.0 Å². The molecule has 29 heavy (non-hydrogen) atoms. The quantitative estimate of drug-likeness (QED) is 0.284. The number of aromatic nitrogens is 2. The first-order chi connectivity index (χ1) is 14.0. The molecule has 2 aromatic heterocycles. The van der Waals surface area contributed by atoms with Gasteiger partial charge in [0, 0.05) is 28.8 Å². The number of thiophene rings is 1. The molecule has 2 aromatic rings. The lowest BCUT2D eigenvalue weighted by Gasteiger charge is -2.12. The number of aromatic amines is 1. The Hall–Kier alpha value is -2.13. The zero-order valence-corrected chi connectivity index (χ0v) is 18.3. The van der Waals surface area contributed by atoms with Gasteiger partial charge in [-0.3, -0.25) is 9.59 Å². The molecule has 0 bridgehead atoms. The van der Waals surface area contributed by atoms with E-state index in [0.29, 0.717) is 46.6 Å². The number of nitrogens with zero attached hydrogens (tertiary/aromatic N) is 1. The summed E-state index contributed by atoms with van der Waals surface area (Å²) in [5, 5.41) is 4.09. The van der Waals surface area contributed by atoms with E-state index in [2.05, 4.69) is 15.3 Å². The van der Waals surface area contributed by atoms with Crippen molar-refractivity contribution in [1.82, 2.24) is 9.97 Å². The number of hydrogen-bond donors (Lipinski definition) is 2. The Balaban J connectivity index is 1.58. The minimum absolute atomic E-state index is 0.125. The van der Waals surface area contributed by atoms with Gasteiger partial charge in [0.15, 0.2) is 5.16 Å². The van der Waals surface area contributed by atoms with Gasteiger partial charge in [0.25, 0.3) is 5.56 Å². The molecule has 2 heterocycles. The highest BCUT2D eigenvalue weighted by Crippen LogP contribution is 2.38. The van der Waals surface area contributed by atoms with E-state index in [-0.39, 0.29) is 17.4 Å². The smallest absolute Gasteiger partial charge is 0.341 e. The standard InChI is InChI=1S/C20H25N3O4S2/c1-3-27-19(26)17-13-7-4-5-8-14(13)29-18(17)22-15(24)9-6-10-28-20-21-12(2)11-16(25)23-20/h11H,3-10H2,1-2H3,(H,22,24)(H,21,23,25). The first-order valence-corrected chi connectivity index (χ1v) is 11.6. The van der Waals surface area contributed by atoms with Gasteiger partial charge in [-0.25, -0.2) is 9.78 Å². The summed E-state index contributed by atoms with van der Waals surface area (Å²) in [4.78, 5) is 44.5. The number of H-pyrrole nitrogens is 1. The van der Waals surface area contributed by atoms with E-state index in [4.69, 9.17) is 4.74 Å². The van der Waals surface area contributed by atoms with Gasteiger partial charge in [-0.1, -0.05) is 11.8 Å². The number of thioether (sulfide) groups is 1. The number of nitrogens with one attached hydrogen (secondary N) is 2. The van der Waals surface area contributed by atoms with Crippen LogP contribution in [0.5, 0.6) is 0 Å². The molecule has 0 aromatic carbocycles. The molecule has 0 aliphatic heterocycles. The fourth-order valence-electron chi connectivity index (χ4n) is 3.28. The minimum Gasteiger partial charge on any atom is -0.462 e. The van der Waals surface area contributed by atoms with Crippen molar-refractivity contribution in [2.75, 3.05) is 17.7 Å². The lowest BCUT2D eigenvalue weighted by Crippen LogP contribution is -2.15. The molecule has 0 spiro atoms. The third kappa shape index (κ3) is 5.70. The highest BCUT2D eigenvalue weighted by atomic mass is 32.2. The summed E-state index contributed by atoms with van der Waals surface area (Å²) in [5.41, 5.74) is 2.07. The molecule has 1 amide bonds. The second kappa shape index (κ2) is 10.1. The van der Waals surface area contributed by atoms with E-state index < -0.39 is 0 Å². The van der Waals surface area contributed by atoms with Crippen molar-refractivity contribution in [3.63, 3.8) is 0 Å². The van der Waals surface area contributed by atoms with Crippen LogP contribution >= 0.6 is 23.1 Å². The van der Waals surface area contributed by atoms with Gasteiger partial charge in [-0.05, 0) is 51.5 Å². The lowest BCUT2D eigenvalue weighted by atomic mass is 9.95. The molecule has 3 rings (SSSR count). The molecule has 0 atom stereocenters. The van der Waals surface area contributed by atoms with Gasteiger partial charge in [0.05, 0.1) is 12.2 Å². The van der Waals surface area contributed by atoms with Crippen LogP contribution < -0.4 is 10.9 Å². The van der Waals surface area contributed by atoms with Gasteiger partial charge in [-0.15, -0.1) is 11.3 Å². The van der Waals surface area contributed by atoms with Crippen LogP contribution in [-0.4, -0.2) is 34.2 Å². The highest BCUT2D eigenvalue weighted by Gasteiger charge is 2.27. The van der Waals surface area contributed by atoms with Crippen LogP contribution in [0.1, 0.15) is 59.1 Å². The number of esters is 1. The van der Waals surface area contributed by atoms with E-state index in [1.54, 1.807) is 13.8 Å². The van der Waals surface area contributed by atoms with E-state index >= 15 is 0 Å². The van der Waals surface area contributed by atoms with Crippen LogP contribution in [0.25, 0.3) is 0 Å². The van der Waals surface area contributed by atoms with Crippen molar-refractivity contribution < 1.29 is 14.3 Å². The largest absolute Gasteiger partial charge is 0.462 e. The third-order valence-corrected chi connectivity index (χ3v) is 6.71. The molecule has 7 nitrogen and oxygen atoms in total. The molecule has 2 N–H and O–H groups in total. The average molecular weight is 436 g/mol. The predicted molar refractivity (Wildman–Crippen MR) is 115 cm³/mol. The van der Waals surface area contributed by atoms with Crippen LogP contribution in [0.15, 0.2) is 16.0 Å². The SMILES string of the molecule is CCOC(=O)c1c(NC(=O)CCCSc2nc(C)cc(=O)[nH]2)sc2c1CCCC2. The maximum Gasteiger partial charge on any atom is 0.341 e. The number of amides is 1. The lowest BCUT2D eigenvalue weighted by molar-refractivity contribution is -0.116. The number of carbonyl (C=O) groups is 2. The fourth-order valence-corrected chi connectivity index (χ4v) is 5.44. The number of rotatable bonds is 8. The summed E-state index contributed by atoms with van der Waals surface area (Å²) in [5.74, 6) is 0.179. The molecule has 1 aliphatic carbocycles. The topological polar surface area (TPSA) is 101 Å². The number of carbonyl (C=O) groups excluding carboxylic acids is 2. The van der Waals surface area contributed by atoms with Crippen LogP contribution in [0.2, 0.25) is 0 Å². The first kappa shape index (κ1) is 21.6.